The largest absolute Gasteiger partial charge is 0.352 e. The van der Waals surface area contributed by atoms with E-state index in [4.69, 9.17) is 0 Å². The van der Waals surface area contributed by atoms with E-state index in [1.807, 2.05) is 13.8 Å². The number of H-pyrrole nitrogens is 1. The fourth-order valence-corrected chi connectivity index (χ4v) is 0.680. The van der Waals surface area contributed by atoms with Crippen LogP contribution < -0.4 is 4.90 Å². The van der Waals surface area contributed by atoms with Crippen LogP contribution in [0.1, 0.15) is 13.8 Å². The van der Waals surface area contributed by atoms with E-state index in [2.05, 4.69) is 15.4 Å². The minimum Gasteiger partial charge on any atom is -0.352 e. The third-order valence-electron chi connectivity index (χ3n) is 1.60. The third-order valence-corrected chi connectivity index (χ3v) is 1.60. The number of rotatable bonds is 2. The van der Waals surface area contributed by atoms with Gasteiger partial charge in [0.05, 0.1) is 0 Å². The first-order valence-corrected chi connectivity index (χ1v) is 3.42. The molecule has 4 nitrogen and oxygen atoms in total. The molecule has 0 aliphatic rings. The van der Waals surface area contributed by atoms with Crippen LogP contribution in [-0.4, -0.2) is 28.5 Å². The van der Waals surface area contributed by atoms with Crippen LogP contribution in [0.5, 0.6) is 0 Å². The van der Waals surface area contributed by atoms with Gasteiger partial charge in [-0.15, -0.1) is 5.10 Å². The summed E-state index contributed by atoms with van der Waals surface area (Å²) in [4.78, 5) is 1.71. The topological polar surface area (TPSA) is 44.8 Å². The summed E-state index contributed by atoms with van der Waals surface area (Å²) in [5.41, 5.74) is 0. The van der Waals surface area contributed by atoms with Gasteiger partial charge in [0, 0.05) is 13.1 Å². The van der Waals surface area contributed by atoms with Gasteiger partial charge in [0.15, 0.2) is 0 Å². The van der Waals surface area contributed by atoms with Gasteiger partial charge in [-0.25, -0.2) is 5.10 Å². The summed E-state index contributed by atoms with van der Waals surface area (Å²) in [5.74, 6) is -0.221. The molecule has 62 valence electrons. The molecule has 0 radical (unpaired) electrons. The summed E-state index contributed by atoms with van der Waals surface area (Å²) in [5, 5.41) is 9.05. The molecule has 0 aliphatic heterocycles. The Morgan fingerprint density at radius 1 is 1.55 bits per heavy atom. The zero-order chi connectivity index (χ0) is 8.43. The van der Waals surface area contributed by atoms with Crippen molar-refractivity contribution in [3.05, 3.63) is 5.95 Å². The van der Waals surface area contributed by atoms with E-state index >= 15 is 0 Å². The summed E-state index contributed by atoms with van der Waals surface area (Å²) in [7, 11) is 1.77. The average Bonchev–Trinajstić information content (AvgIpc) is 2.33. The van der Waals surface area contributed by atoms with Crippen molar-refractivity contribution in [2.45, 2.75) is 19.9 Å². The fraction of sp³-hybridized carbons (Fsp3) is 0.667. The standard InChI is InChI=1S/C6H11FN4/c1-4(2)11(3)6-5(7)8-10-9-6/h4H,1-3H3,(H,8,9,10). The SMILES string of the molecule is CC(C)N(C)c1nn[nH]c1F. The van der Waals surface area contributed by atoms with Crippen molar-refractivity contribution in [1.29, 1.82) is 0 Å². The molecule has 0 bridgehead atoms. The molecule has 0 atom stereocenters. The van der Waals surface area contributed by atoms with Gasteiger partial charge in [-0.05, 0) is 13.8 Å². The summed E-state index contributed by atoms with van der Waals surface area (Å²) >= 11 is 0. The highest BCUT2D eigenvalue weighted by molar-refractivity contribution is 5.35. The summed E-state index contributed by atoms with van der Waals surface area (Å²) < 4.78 is 12.7. The van der Waals surface area contributed by atoms with Gasteiger partial charge in [0.2, 0.25) is 5.82 Å². The zero-order valence-electron chi connectivity index (χ0n) is 6.80. The predicted octanol–water partition coefficient (Wildman–Crippen LogP) is 0.788. The second kappa shape index (κ2) is 2.86. The van der Waals surface area contributed by atoms with Crippen molar-refractivity contribution in [3.8, 4) is 0 Å². The van der Waals surface area contributed by atoms with Crippen LogP contribution in [0.25, 0.3) is 0 Å². The minimum absolute atomic E-state index is 0.217. The highest BCUT2D eigenvalue weighted by atomic mass is 19.1. The Morgan fingerprint density at radius 3 is 2.55 bits per heavy atom. The number of aromatic amines is 1. The van der Waals surface area contributed by atoms with Gasteiger partial charge < -0.3 is 4.90 Å². The lowest BCUT2D eigenvalue weighted by atomic mass is 10.3. The minimum atomic E-state index is -0.485. The molecule has 1 N–H and O–H groups in total. The average molecular weight is 158 g/mol. The molecule has 11 heavy (non-hydrogen) atoms. The van der Waals surface area contributed by atoms with Gasteiger partial charge in [-0.2, -0.15) is 4.39 Å². The highest BCUT2D eigenvalue weighted by Gasteiger charge is 2.13. The molecule has 1 rings (SSSR count). The molecule has 0 aromatic carbocycles. The molecule has 0 unspecified atom stereocenters. The number of halogens is 1. The Hall–Kier alpha value is -1.13. The van der Waals surface area contributed by atoms with Crippen LogP contribution >= 0.6 is 0 Å². The summed E-state index contributed by atoms with van der Waals surface area (Å²) in [6.07, 6.45) is 0. The second-order valence-electron chi connectivity index (χ2n) is 2.65. The van der Waals surface area contributed by atoms with E-state index in [9.17, 15) is 4.39 Å². The third kappa shape index (κ3) is 1.47. The monoisotopic (exact) mass is 158 g/mol. The van der Waals surface area contributed by atoms with Crippen molar-refractivity contribution >= 4 is 5.82 Å². The van der Waals surface area contributed by atoms with Crippen LogP contribution in [0.15, 0.2) is 0 Å². The molecule has 1 aromatic heterocycles. The van der Waals surface area contributed by atoms with Crippen LogP contribution in [0.2, 0.25) is 0 Å². The van der Waals surface area contributed by atoms with Gasteiger partial charge in [0.1, 0.15) is 0 Å². The molecule has 0 saturated carbocycles. The van der Waals surface area contributed by atoms with Crippen LogP contribution in [0.4, 0.5) is 10.2 Å². The second-order valence-corrected chi connectivity index (χ2v) is 2.65. The first kappa shape index (κ1) is 7.97. The number of anilines is 1. The zero-order valence-corrected chi connectivity index (χ0v) is 6.80. The molecular formula is C6H11FN4. The lowest BCUT2D eigenvalue weighted by Crippen LogP contribution is -2.26. The van der Waals surface area contributed by atoms with Gasteiger partial charge in [0.25, 0.3) is 5.95 Å². The van der Waals surface area contributed by atoms with Crippen LogP contribution in [-0.2, 0) is 0 Å². The van der Waals surface area contributed by atoms with E-state index in [1.54, 1.807) is 11.9 Å². The molecule has 1 heterocycles. The predicted molar refractivity (Wildman–Crippen MR) is 39.9 cm³/mol. The molecule has 0 fully saturated rings. The van der Waals surface area contributed by atoms with E-state index < -0.39 is 5.95 Å². The smallest absolute Gasteiger partial charge is 0.253 e. The number of hydrogen-bond donors (Lipinski definition) is 1. The first-order chi connectivity index (χ1) is 5.13. The maximum atomic E-state index is 12.7. The van der Waals surface area contributed by atoms with E-state index in [1.165, 1.54) is 0 Å². The van der Waals surface area contributed by atoms with Crippen LogP contribution in [0, 0.1) is 5.95 Å². The number of nitrogens with one attached hydrogen (secondary N) is 1. The molecule has 5 heteroatoms. The Kier molecular flexibility index (Phi) is 2.07. The first-order valence-electron chi connectivity index (χ1n) is 3.42. The van der Waals surface area contributed by atoms with E-state index in [0.717, 1.165) is 0 Å². The summed E-state index contributed by atoms with van der Waals surface area (Å²) in [6.45, 7) is 3.90. The van der Waals surface area contributed by atoms with Gasteiger partial charge >= 0.3 is 0 Å². The van der Waals surface area contributed by atoms with Crippen molar-refractivity contribution < 1.29 is 4.39 Å². The summed E-state index contributed by atoms with van der Waals surface area (Å²) in [6, 6.07) is 0.217. The number of aromatic nitrogens is 3. The van der Waals surface area contributed by atoms with E-state index in [-0.39, 0.29) is 11.9 Å². The van der Waals surface area contributed by atoms with E-state index in [0.29, 0.717) is 0 Å². The molecular weight excluding hydrogens is 147 g/mol. The quantitative estimate of drug-likeness (QED) is 0.692. The molecule has 0 aliphatic carbocycles. The van der Waals surface area contributed by atoms with Crippen molar-refractivity contribution in [3.63, 3.8) is 0 Å². The molecule has 0 amide bonds. The Balaban J connectivity index is 2.84. The normalized spacial score (nSPS) is 10.6. The Morgan fingerprint density at radius 2 is 2.18 bits per heavy atom. The lowest BCUT2D eigenvalue weighted by molar-refractivity contribution is 0.571. The Bertz CT molecular complexity index is 232. The van der Waals surface area contributed by atoms with Gasteiger partial charge in [-0.3, -0.25) is 0 Å². The maximum Gasteiger partial charge on any atom is 0.253 e. The number of hydrogen-bond acceptors (Lipinski definition) is 3. The molecule has 1 aromatic rings. The highest BCUT2D eigenvalue weighted by Crippen LogP contribution is 2.12. The van der Waals surface area contributed by atoms with Gasteiger partial charge in [-0.1, -0.05) is 5.21 Å². The lowest BCUT2D eigenvalue weighted by Gasteiger charge is -2.19. The van der Waals surface area contributed by atoms with Crippen molar-refractivity contribution in [1.82, 2.24) is 15.4 Å². The molecule has 0 saturated heterocycles. The number of nitrogens with zero attached hydrogens (tertiary/aromatic N) is 3. The van der Waals surface area contributed by atoms with Crippen LogP contribution in [0.3, 0.4) is 0 Å². The molecule has 0 spiro atoms. The Labute approximate surface area is 64.4 Å². The maximum absolute atomic E-state index is 12.7. The van der Waals surface area contributed by atoms with Crippen molar-refractivity contribution in [2.24, 2.45) is 0 Å². The van der Waals surface area contributed by atoms with Crippen molar-refractivity contribution in [2.75, 3.05) is 11.9 Å². The fourth-order valence-electron chi connectivity index (χ4n) is 0.680.